The van der Waals surface area contributed by atoms with Gasteiger partial charge in [0.2, 0.25) is 0 Å². The van der Waals surface area contributed by atoms with Gasteiger partial charge in [0.15, 0.2) is 0 Å². The molecule has 2 rings (SSSR count). The van der Waals surface area contributed by atoms with Crippen LogP contribution in [0.4, 0.5) is 0 Å². The maximum atomic E-state index is 10.2. The topological polar surface area (TPSA) is 41.9 Å². The molecule has 0 radical (unpaired) electrons. The summed E-state index contributed by atoms with van der Waals surface area (Å²) in [5.74, 6) is 1.69. The van der Waals surface area contributed by atoms with Crippen LogP contribution in [0.15, 0.2) is 24.3 Å². The molecule has 0 aliphatic heterocycles. The number of aliphatic hydroxyl groups excluding tert-OH is 1. The second kappa shape index (κ2) is 9.13. The average molecular weight is 307 g/mol. The Hall–Kier alpha value is -1.10. The Balaban J connectivity index is 1.70. The number of hydrogen-bond donors (Lipinski definition) is 1. The lowest BCUT2D eigenvalue weighted by Gasteiger charge is -2.24. The number of benzene rings is 1. The van der Waals surface area contributed by atoms with E-state index in [9.17, 15) is 5.11 Å². The molecule has 1 saturated carbocycles. The lowest BCUT2D eigenvalue weighted by molar-refractivity contribution is 0.00871. The standard InChI is InChI=1S/C18H29NO3/c1-3-10-19(11-15-8-9-15)12-17(20)14-22-13-16-6-4-5-7-18(16)21-2/h4-7,15,17,20H,3,8-14H2,1-2H3/t17-/m0/s1. The average Bonchev–Trinajstić information content (AvgIpc) is 3.32. The number of ether oxygens (including phenoxy) is 2. The fourth-order valence-corrected chi connectivity index (χ4v) is 2.72. The largest absolute Gasteiger partial charge is 0.496 e. The van der Waals surface area contributed by atoms with E-state index in [2.05, 4.69) is 11.8 Å². The lowest BCUT2D eigenvalue weighted by atomic mass is 10.2. The van der Waals surface area contributed by atoms with E-state index in [4.69, 9.17) is 9.47 Å². The summed E-state index contributed by atoms with van der Waals surface area (Å²) in [6.07, 6.45) is 3.39. The van der Waals surface area contributed by atoms with Crippen molar-refractivity contribution in [1.29, 1.82) is 0 Å². The lowest BCUT2D eigenvalue weighted by Crippen LogP contribution is -2.36. The van der Waals surface area contributed by atoms with Gasteiger partial charge in [-0.05, 0) is 37.8 Å². The van der Waals surface area contributed by atoms with Crippen LogP contribution in [-0.4, -0.2) is 49.5 Å². The summed E-state index contributed by atoms with van der Waals surface area (Å²) in [6, 6.07) is 7.82. The Labute approximate surface area is 134 Å². The zero-order valence-electron chi connectivity index (χ0n) is 13.8. The molecule has 124 valence electrons. The van der Waals surface area contributed by atoms with Crippen molar-refractivity contribution >= 4 is 0 Å². The van der Waals surface area contributed by atoms with Gasteiger partial charge in [-0.15, -0.1) is 0 Å². The van der Waals surface area contributed by atoms with Crippen molar-refractivity contribution in [3.05, 3.63) is 29.8 Å². The molecule has 1 fully saturated rings. The molecule has 0 bridgehead atoms. The van der Waals surface area contributed by atoms with Crippen molar-refractivity contribution in [2.75, 3.05) is 33.4 Å². The molecule has 1 aliphatic carbocycles. The molecule has 4 heteroatoms. The number of para-hydroxylation sites is 1. The van der Waals surface area contributed by atoms with Gasteiger partial charge < -0.3 is 19.5 Å². The van der Waals surface area contributed by atoms with Gasteiger partial charge in [-0.3, -0.25) is 0 Å². The Morgan fingerprint density at radius 1 is 1.32 bits per heavy atom. The first kappa shape index (κ1) is 17.3. The molecule has 4 nitrogen and oxygen atoms in total. The van der Waals surface area contributed by atoms with Crippen LogP contribution in [0.3, 0.4) is 0 Å². The Kier molecular flexibility index (Phi) is 7.16. The van der Waals surface area contributed by atoms with Crippen LogP contribution in [0.1, 0.15) is 31.7 Å². The highest BCUT2D eigenvalue weighted by molar-refractivity contribution is 5.32. The SMILES string of the molecule is CCCN(CC1CC1)C[C@H](O)COCc1ccccc1OC. The monoisotopic (exact) mass is 307 g/mol. The van der Waals surface area contributed by atoms with E-state index in [0.717, 1.165) is 36.7 Å². The fourth-order valence-electron chi connectivity index (χ4n) is 2.72. The maximum absolute atomic E-state index is 10.2. The molecule has 0 heterocycles. The van der Waals surface area contributed by atoms with Crippen molar-refractivity contribution in [3.63, 3.8) is 0 Å². The van der Waals surface area contributed by atoms with E-state index in [-0.39, 0.29) is 0 Å². The molecular formula is C18H29NO3. The van der Waals surface area contributed by atoms with Crippen LogP contribution in [0.2, 0.25) is 0 Å². The highest BCUT2D eigenvalue weighted by Gasteiger charge is 2.24. The second-order valence-corrected chi connectivity index (χ2v) is 6.18. The molecule has 1 aromatic carbocycles. The molecule has 1 atom stereocenters. The number of rotatable bonds is 11. The van der Waals surface area contributed by atoms with E-state index >= 15 is 0 Å². The molecule has 1 aliphatic rings. The first-order valence-electron chi connectivity index (χ1n) is 8.33. The number of nitrogens with zero attached hydrogens (tertiary/aromatic N) is 1. The highest BCUT2D eigenvalue weighted by atomic mass is 16.5. The molecule has 0 saturated heterocycles. The van der Waals surface area contributed by atoms with Gasteiger partial charge in [0.05, 0.1) is 26.4 Å². The van der Waals surface area contributed by atoms with Crippen LogP contribution in [-0.2, 0) is 11.3 Å². The Morgan fingerprint density at radius 2 is 2.09 bits per heavy atom. The minimum atomic E-state index is -0.431. The third-order valence-electron chi connectivity index (χ3n) is 3.98. The normalized spacial score (nSPS) is 16.0. The van der Waals surface area contributed by atoms with E-state index in [1.54, 1.807) is 7.11 Å². The quantitative estimate of drug-likeness (QED) is 0.682. The maximum Gasteiger partial charge on any atom is 0.124 e. The molecule has 0 amide bonds. The Morgan fingerprint density at radius 3 is 2.77 bits per heavy atom. The zero-order valence-corrected chi connectivity index (χ0v) is 13.8. The predicted molar refractivity (Wildman–Crippen MR) is 88.1 cm³/mol. The van der Waals surface area contributed by atoms with Gasteiger partial charge in [-0.2, -0.15) is 0 Å². The predicted octanol–water partition coefficient (Wildman–Crippen LogP) is 2.69. The second-order valence-electron chi connectivity index (χ2n) is 6.18. The number of aliphatic hydroxyl groups is 1. The molecule has 1 N–H and O–H groups in total. The van der Waals surface area contributed by atoms with Crippen LogP contribution in [0.25, 0.3) is 0 Å². The number of hydrogen-bond acceptors (Lipinski definition) is 4. The first-order valence-corrected chi connectivity index (χ1v) is 8.33. The van der Waals surface area contributed by atoms with Crippen molar-refractivity contribution in [1.82, 2.24) is 4.90 Å². The third-order valence-corrected chi connectivity index (χ3v) is 3.98. The van der Waals surface area contributed by atoms with E-state index in [1.807, 2.05) is 24.3 Å². The number of methoxy groups -OCH3 is 1. The fraction of sp³-hybridized carbons (Fsp3) is 0.667. The van der Waals surface area contributed by atoms with Crippen LogP contribution in [0, 0.1) is 5.92 Å². The third kappa shape index (κ3) is 5.95. The Bertz CT molecular complexity index is 434. The van der Waals surface area contributed by atoms with Gasteiger partial charge in [0.25, 0.3) is 0 Å². The van der Waals surface area contributed by atoms with E-state index < -0.39 is 6.10 Å². The zero-order chi connectivity index (χ0) is 15.8. The highest BCUT2D eigenvalue weighted by Crippen LogP contribution is 2.29. The smallest absolute Gasteiger partial charge is 0.124 e. The van der Waals surface area contributed by atoms with Gasteiger partial charge in [0, 0.05) is 18.7 Å². The van der Waals surface area contributed by atoms with Gasteiger partial charge in [-0.25, -0.2) is 0 Å². The summed E-state index contributed by atoms with van der Waals surface area (Å²) in [6.45, 7) is 5.90. The molecule has 22 heavy (non-hydrogen) atoms. The summed E-state index contributed by atoms with van der Waals surface area (Å²) in [4.78, 5) is 2.37. The molecule has 0 aromatic heterocycles. The molecule has 1 aromatic rings. The molecule has 0 spiro atoms. The van der Waals surface area contributed by atoms with Gasteiger partial charge >= 0.3 is 0 Å². The van der Waals surface area contributed by atoms with Crippen molar-refractivity contribution in [2.24, 2.45) is 5.92 Å². The minimum absolute atomic E-state index is 0.364. The van der Waals surface area contributed by atoms with Crippen LogP contribution >= 0.6 is 0 Å². The summed E-state index contributed by atoms with van der Waals surface area (Å²) in [5, 5.41) is 10.2. The molecule has 0 unspecified atom stereocenters. The minimum Gasteiger partial charge on any atom is -0.496 e. The van der Waals surface area contributed by atoms with Crippen molar-refractivity contribution in [2.45, 2.75) is 38.9 Å². The van der Waals surface area contributed by atoms with Gasteiger partial charge in [0.1, 0.15) is 5.75 Å². The summed E-state index contributed by atoms with van der Waals surface area (Å²) < 4.78 is 11.0. The van der Waals surface area contributed by atoms with E-state index in [0.29, 0.717) is 19.8 Å². The van der Waals surface area contributed by atoms with Crippen molar-refractivity contribution in [3.8, 4) is 5.75 Å². The van der Waals surface area contributed by atoms with Crippen LogP contribution in [0.5, 0.6) is 5.75 Å². The van der Waals surface area contributed by atoms with Crippen LogP contribution < -0.4 is 4.74 Å². The first-order chi connectivity index (χ1) is 10.7. The molecular weight excluding hydrogens is 278 g/mol. The summed E-state index contributed by atoms with van der Waals surface area (Å²) >= 11 is 0. The van der Waals surface area contributed by atoms with Crippen molar-refractivity contribution < 1.29 is 14.6 Å². The summed E-state index contributed by atoms with van der Waals surface area (Å²) in [5.41, 5.74) is 1.01. The van der Waals surface area contributed by atoms with Gasteiger partial charge in [-0.1, -0.05) is 25.1 Å². The van der Waals surface area contributed by atoms with E-state index in [1.165, 1.54) is 12.8 Å². The summed E-state index contributed by atoms with van der Waals surface area (Å²) in [7, 11) is 1.66.